The van der Waals surface area contributed by atoms with Crippen LogP contribution in [0.15, 0.2) is 66.7 Å². The second-order valence-corrected chi connectivity index (χ2v) is 6.33. The van der Waals surface area contributed by atoms with E-state index >= 15 is 0 Å². The van der Waals surface area contributed by atoms with Gasteiger partial charge in [0.05, 0.1) is 18.8 Å². The van der Waals surface area contributed by atoms with Crippen molar-refractivity contribution in [3.05, 3.63) is 94.8 Å². The molecule has 0 spiro atoms. The molecular formula is C24H20FNO2. The molecule has 0 radical (unpaired) electrons. The maximum absolute atomic E-state index is 13.8. The van der Waals surface area contributed by atoms with Crippen LogP contribution in [0.25, 0.3) is 11.6 Å². The van der Waals surface area contributed by atoms with Crippen molar-refractivity contribution in [3.63, 3.8) is 0 Å². The molecule has 0 saturated carbocycles. The minimum Gasteiger partial charge on any atom is -0.493 e. The molecule has 0 aliphatic rings. The Morgan fingerprint density at radius 3 is 2.46 bits per heavy atom. The number of methoxy groups -OCH3 is 1. The fraction of sp³-hybridized carbons (Fsp3) is 0.125. The first-order valence-electron chi connectivity index (χ1n) is 8.84. The Morgan fingerprint density at radius 2 is 1.79 bits per heavy atom. The Balaban J connectivity index is 1.83. The van der Waals surface area contributed by atoms with E-state index in [0.29, 0.717) is 22.6 Å². The highest BCUT2D eigenvalue weighted by Gasteiger charge is 2.09. The molecule has 0 N–H and O–H groups in total. The van der Waals surface area contributed by atoms with E-state index in [1.807, 2.05) is 37.3 Å². The summed E-state index contributed by atoms with van der Waals surface area (Å²) < 4.78 is 24.9. The van der Waals surface area contributed by atoms with Crippen molar-refractivity contribution in [1.29, 1.82) is 5.26 Å². The zero-order chi connectivity index (χ0) is 19.9. The average molecular weight is 373 g/mol. The topological polar surface area (TPSA) is 42.2 Å². The number of benzene rings is 3. The van der Waals surface area contributed by atoms with Gasteiger partial charge in [-0.25, -0.2) is 4.39 Å². The number of ether oxygens (including phenoxy) is 2. The molecule has 140 valence electrons. The van der Waals surface area contributed by atoms with E-state index in [1.165, 1.54) is 6.07 Å². The van der Waals surface area contributed by atoms with Crippen LogP contribution in [0.4, 0.5) is 4.39 Å². The third-order valence-corrected chi connectivity index (χ3v) is 4.32. The molecule has 28 heavy (non-hydrogen) atoms. The molecule has 3 aromatic carbocycles. The van der Waals surface area contributed by atoms with Gasteiger partial charge in [-0.15, -0.1) is 0 Å². The maximum Gasteiger partial charge on any atom is 0.161 e. The highest BCUT2D eigenvalue weighted by molar-refractivity contribution is 5.89. The summed E-state index contributed by atoms with van der Waals surface area (Å²) in [5, 5.41) is 9.52. The minimum absolute atomic E-state index is 0.102. The lowest BCUT2D eigenvalue weighted by atomic mass is 10.0. The maximum atomic E-state index is 13.8. The third-order valence-electron chi connectivity index (χ3n) is 4.32. The lowest BCUT2D eigenvalue weighted by molar-refractivity contribution is 0.279. The lowest BCUT2D eigenvalue weighted by Gasteiger charge is -2.12. The first-order chi connectivity index (χ1) is 13.6. The molecule has 0 fully saturated rings. The fourth-order valence-corrected chi connectivity index (χ4v) is 2.74. The van der Waals surface area contributed by atoms with Gasteiger partial charge in [0, 0.05) is 5.56 Å². The van der Waals surface area contributed by atoms with E-state index in [1.54, 1.807) is 43.5 Å². The van der Waals surface area contributed by atoms with E-state index in [2.05, 4.69) is 6.07 Å². The number of aryl methyl sites for hydroxylation is 1. The molecule has 3 aromatic rings. The van der Waals surface area contributed by atoms with Gasteiger partial charge in [0.15, 0.2) is 11.5 Å². The molecule has 3 rings (SSSR count). The molecule has 3 nitrogen and oxygen atoms in total. The standard InChI is InChI=1S/C24H20FNO2/c1-17-7-10-19(11-8-17)21(15-26)13-18-9-12-23(24(14-18)27-2)28-16-20-5-3-4-6-22(20)25/h3-14H,16H2,1-2H3/b21-13-. The third kappa shape index (κ3) is 4.57. The number of rotatable bonds is 6. The Morgan fingerprint density at radius 1 is 1.04 bits per heavy atom. The van der Waals surface area contributed by atoms with Gasteiger partial charge in [-0.05, 0) is 42.3 Å². The molecule has 0 amide bonds. The smallest absolute Gasteiger partial charge is 0.161 e. The van der Waals surface area contributed by atoms with E-state index in [9.17, 15) is 9.65 Å². The molecule has 0 saturated heterocycles. The summed E-state index contributed by atoms with van der Waals surface area (Å²) in [6.07, 6.45) is 1.80. The van der Waals surface area contributed by atoms with Crippen LogP contribution in [0.2, 0.25) is 0 Å². The Labute approximate surface area is 164 Å². The van der Waals surface area contributed by atoms with Crippen LogP contribution >= 0.6 is 0 Å². The van der Waals surface area contributed by atoms with Gasteiger partial charge in [0.25, 0.3) is 0 Å². The van der Waals surface area contributed by atoms with Crippen molar-refractivity contribution in [3.8, 4) is 17.6 Å². The quantitative estimate of drug-likeness (QED) is 0.406. The van der Waals surface area contributed by atoms with Crippen molar-refractivity contribution in [2.75, 3.05) is 7.11 Å². The van der Waals surface area contributed by atoms with Crippen LogP contribution in [-0.4, -0.2) is 7.11 Å². The van der Waals surface area contributed by atoms with Crippen LogP contribution in [0, 0.1) is 24.1 Å². The summed E-state index contributed by atoms with van der Waals surface area (Å²) in [4.78, 5) is 0. The summed E-state index contributed by atoms with van der Waals surface area (Å²) >= 11 is 0. The molecular weight excluding hydrogens is 353 g/mol. The van der Waals surface area contributed by atoms with E-state index < -0.39 is 0 Å². The Hall–Kier alpha value is -3.58. The van der Waals surface area contributed by atoms with Gasteiger partial charge >= 0.3 is 0 Å². The van der Waals surface area contributed by atoms with E-state index in [-0.39, 0.29) is 12.4 Å². The van der Waals surface area contributed by atoms with Gasteiger partial charge in [0.2, 0.25) is 0 Å². The second-order valence-electron chi connectivity index (χ2n) is 6.33. The zero-order valence-electron chi connectivity index (χ0n) is 15.8. The van der Waals surface area contributed by atoms with Crippen molar-refractivity contribution in [1.82, 2.24) is 0 Å². The molecule has 0 atom stereocenters. The first kappa shape index (κ1) is 19.2. The van der Waals surface area contributed by atoms with E-state index in [0.717, 1.165) is 16.7 Å². The average Bonchev–Trinajstić information content (AvgIpc) is 2.72. The van der Waals surface area contributed by atoms with E-state index in [4.69, 9.17) is 9.47 Å². The molecule has 0 unspecified atom stereocenters. The molecule has 0 aromatic heterocycles. The monoisotopic (exact) mass is 373 g/mol. The van der Waals surface area contributed by atoms with Gasteiger partial charge < -0.3 is 9.47 Å². The molecule has 4 heteroatoms. The van der Waals surface area contributed by atoms with Gasteiger partial charge in [-0.1, -0.05) is 54.1 Å². The SMILES string of the molecule is COc1cc(/C=C(/C#N)c2ccc(C)cc2)ccc1OCc1ccccc1F. The minimum atomic E-state index is -0.308. The van der Waals surface area contributed by atoms with Gasteiger partial charge in [-0.3, -0.25) is 0 Å². The summed E-state index contributed by atoms with van der Waals surface area (Å²) in [5.41, 5.74) is 3.83. The highest BCUT2D eigenvalue weighted by atomic mass is 19.1. The number of nitriles is 1. The van der Waals surface area contributed by atoms with Gasteiger partial charge in [-0.2, -0.15) is 5.26 Å². The van der Waals surface area contributed by atoms with Crippen LogP contribution in [0.1, 0.15) is 22.3 Å². The summed E-state index contributed by atoms with van der Waals surface area (Å²) in [5.74, 6) is 0.723. The predicted molar refractivity (Wildman–Crippen MR) is 108 cm³/mol. The summed E-state index contributed by atoms with van der Waals surface area (Å²) in [6, 6.07) is 21.9. The zero-order valence-corrected chi connectivity index (χ0v) is 15.8. The molecule has 0 aliphatic carbocycles. The number of nitrogens with zero attached hydrogens (tertiary/aromatic N) is 1. The number of halogens is 1. The summed E-state index contributed by atoms with van der Waals surface area (Å²) in [6.45, 7) is 2.11. The number of allylic oxidation sites excluding steroid dienone is 1. The predicted octanol–water partition coefficient (Wildman–Crippen LogP) is 5.79. The van der Waals surface area contributed by atoms with Crippen LogP contribution in [0.3, 0.4) is 0 Å². The second kappa shape index (κ2) is 8.88. The largest absolute Gasteiger partial charge is 0.493 e. The Kier molecular flexibility index (Phi) is 6.08. The number of hydrogen-bond acceptors (Lipinski definition) is 3. The lowest BCUT2D eigenvalue weighted by Crippen LogP contribution is -2.00. The van der Waals surface area contributed by atoms with Crippen molar-refractivity contribution in [2.24, 2.45) is 0 Å². The van der Waals surface area contributed by atoms with Crippen LogP contribution in [0.5, 0.6) is 11.5 Å². The van der Waals surface area contributed by atoms with Gasteiger partial charge in [0.1, 0.15) is 12.4 Å². The first-order valence-corrected chi connectivity index (χ1v) is 8.84. The number of hydrogen-bond donors (Lipinski definition) is 0. The summed E-state index contributed by atoms with van der Waals surface area (Å²) in [7, 11) is 1.55. The van der Waals surface area contributed by atoms with Crippen molar-refractivity contribution < 1.29 is 13.9 Å². The van der Waals surface area contributed by atoms with Crippen molar-refractivity contribution in [2.45, 2.75) is 13.5 Å². The van der Waals surface area contributed by atoms with Crippen LogP contribution in [-0.2, 0) is 6.61 Å². The molecule has 0 bridgehead atoms. The molecule has 0 aliphatic heterocycles. The highest BCUT2D eigenvalue weighted by Crippen LogP contribution is 2.30. The fourth-order valence-electron chi connectivity index (χ4n) is 2.74. The Bertz CT molecular complexity index is 1030. The van der Waals surface area contributed by atoms with Crippen LogP contribution < -0.4 is 9.47 Å². The molecule has 0 heterocycles. The normalized spacial score (nSPS) is 11.0. The van der Waals surface area contributed by atoms with Crippen molar-refractivity contribution >= 4 is 11.6 Å².